The van der Waals surface area contributed by atoms with Gasteiger partial charge in [-0.1, -0.05) is 146 Å². The van der Waals surface area contributed by atoms with Gasteiger partial charge in [0.2, 0.25) is 0 Å². The monoisotopic (exact) mass is 510 g/mol. The van der Waals surface area contributed by atoms with E-state index in [9.17, 15) is 0 Å². The Bertz CT molecular complexity index is 1790. The first-order chi connectivity index (χ1) is 19.7. The van der Waals surface area contributed by atoms with E-state index in [2.05, 4.69) is 159 Å². The highest BCUT2D eigenvalue weighted by molar-refractivity contribution is 6.21. The Morgan fingerprint density at radius 3 is 0.875 bits per heavy atom. The summed E-state index contributed by atoms with van der Waals surface area (Å²) in [6.45, 7) is 4.35. The van der Waals surface area contributed by atoms with E-state index in [0.29, 0.717) is 0 Å². The average molecular weight is 511 g/mol. The topological polar surface area (TPSA) is 0 Å². The van der Waals surface area contributed by atoms with E-state index >= 15 is 0 Å². The number of rotatable bonds is 4. The Labute approximate surface area is 236 Å². The van der Waals surface area contributed by atoms with Gasteiger partial charge in [-0.3, -0.25) is 0 Å². The van der Waals surface area contributed by atoms with Gasteiger partial charge in [0.15, 0.2) is 0 Å². The largest absolute Gasteiger partial charge is 0.0620 e. The zero-order valence-corrected chi connectivity index (χ0v) is 22.9. The highest BCUT2D eigenvalue weighted by atomic mass is 14.2. The third kappa shape index (κ3) is 4.10. The highest BCUT2D eigenvalue weighted by Crippen LogP contribution is 2.44. The van der Waals surface area contributed by atoms with E-state index in [4.69, 9.17) is 0 Å². The summed E-state index contributed by atoms with van der Waals surface area (Å²) in [5.41, 5.74) is 12.7. The molecule has 0 saturated heterocycles. The summed E-state index contributed by atoms with van der Waals surface area (Å²) in [5.74, 6) is 0. The molecule has 7 aromatic carbocycles. The molecule has 0 unspecified atom stereocenters. The van der Waals surface area contributed by atoms with E-state index in [1.54, 1.807) is 0 Å². The summed E-state index contributed by atoms with van der Waals surface area (Å²) < 4.78 is 0. The molecule has 0 N–H and O–H groups in total. The molecule has 0 aromatic heterocycles. The number of aryl methyl sites for hydroxylation is 2. The van der Waals surface area contributed by atoms with E-state index in [0.717, 1.165) is 0 Å². The van der Waals surface area contributed by atoms with Crippen molar-refractivity contribution in [1.29, 1.82) is 0 Å². The van der Waals surface area contributed by atoms with Gasteiger partial charge in [-0.05, 0) is 91.0 Å². The van der Waals surface area contributed by atoms with Gasteiger partial charge in [0.25, 0.3) is 0 Å². The zero-order chi connectivity index (χ0) is 27.1. The minimum Gasteiger partial charge on any atom is -0.0620 e. The van der Waals surface area contributed by atoms with Crippen molar-refractivity contribution in [3.05, 3.63) is 157 Å². The molecule has 7 rings (SSSR count). The molecule has 0 heteroatoms. The van der Waals surface area contributed by atoms with Crippen LogP contribution in [0.5, 0.6) is 0 Å². The molecule has 0 radical (unpaired) electrons. The predicted molar refractivity (Wildman–Crippen MR) is 173 cm³/mol. The summed E-state index contributed by atoms with van der Waals surface area (Å²) >= 11 is 0. The molecule has 0 atom stereocenters. The molecule has 40 heavy (non-hydrogen) atoms. The SMILES string of the molecule is Cc1ccccc1-c1ccc(-c2c3ccccc3c(-c3ccc(-c4ccccc4C)cc3)c3ccccc23)cc1. The molecule has 0 saturated carbocycles. The number of fused-ring (bicyclic) bond motifs is 2. The Morgan fingerprint density at radius 1 is 0.275 bits per heavy atom. The smallest absolute Gasteiger partial charge is 0.00264 e. The van der Waals surface area contributed by atoms with Crippen molar-refractivity contribution in [2.75, 3.05) is 0 Å². The second kappa shape index (κ2) is 9.98. The first-order valence-electron chi connectivity index (χ1n) is 14.0. The first kappa shape index (κ1) is 24.1. The maximum absolute atomic E-state index is 2.28. The van der Waals surface area contributed by atoms with E-state index in [1.165, 1.54) is 77.2 Å². The minimum atomic E-state index is 1.24. The summed E-state index contributed by atoms with van der Waals surface area (Å²) in [6.07, 6.45) is 0. The molecule has 0 nitrogen and oxygen atoms in total. The number of hydrogen-bond donors (Lipinski definition) is 0. The van der Waals surface area contributed by atoms with Crippen molar-refractivity contribution in [1.82, 2.24) is 0 Å². The Balaban J connectivity index is 1.42. The third-order valence-electron chi connectivity index (χ3n) is 8.19. The quantitative estimate of drug-likeness (QED) is 0.207. The molecule has 0 heterocycles. The van der Waals surface area contributed by atoms with Gasteiger partial charge in [-0.2, -0.15) is 0 Å². The summed E-state index contributed by atoms with van der Waals surface area (Å²) in [4.78, 5) is 0. The van der Waals surface area contributed by atoms with Gasteiger partial charge < -0.3 is 0 Å². The third-order valence-corrected chi connectivity index (χ3v) is 8.19. The molecule has 0 spiro atoms. The molecule has 190 valence electrons. The maximum atomic E-state index is 2.28. The average Bonchev–Trinajstić information content (AvgIpc) is 3.01. The van der Waals surface area contributed by atoms with Gasteiger partial charge in [-0.25, -0.2) is 0 Å². The van der Waals surface area contributed by atoms with Gasteiger partial charge in [0, 0.05) is 0 Å². The van der Waals surface area contributed by atoms with E-state index in [1.807, 2.05) is 0 Å². The van der Waals surface area contributed by atoms with Crippen molar-refractivity contribution in [2.45, 2.75) is 13.8 Å². The van der Waals surface area contributed by atoms with Crippen molar-refractivity contribution >= 4 is 21.5 Å². The van der Waals surface area contributed by atoms with Gasteiger partial charge in [-0.15, -0.1) is 0 Å². The summed E-state index contributed by atoms with van der Waals surface area (Å²) in [6, 6.07) is 53.1. The molecule has 0 fully saturated rings. The fourth-order valence-electron chi connectivity index (χ4n) is 6.18. The molecule has 7 aromatic rings. The van der Waals surface area contributed by atoms with Gasteiger partial charge >= 0.3 is 0 Å². The first-order valence-corrected chi connectivity index (χ1v) is 14.0. The minimum absolute atomic E-state index is 1.24. The van der Waals surface area contributed by atoms with Crippen LogP contribution in [0, 0.1) is 13.8 Å². The predicted octanol–water partition coefficient (Wildman–Crippen LogP) is 11.3. The summed E-state index contributed by atoms with van der Waals surface area (Å²) in [7, 11) is 0. The molecule has 0 aliphatic carbocycles. The van der Waals surface area contributed by atoms with Crippen molar-refractivity contribution in [3.8, 4) is 44.5 Å². The second-order valence-electron chi connectivity index (χ2n) is 10.6. The standard InChI is InChI=1S/C40H30/c1-27-11-3-5-13-33(27)29-19-23-31(24-20-29)39-35-15-7-9-17-37(35)40(38-18-10-8-16-36(38)39)32-25-21-30(22-26-32)34-14-6-4-12-28(34)2/h3-26H,1-2H3. The second-order valence-corrected chi connectivity index (χ2v) is 10.6. The van der Waals surface area contributed by atoms with Crippen LogP contribution in [0.1, 0.15) is 11.1 Å². The van der Waals surface area contributed by atoms with E-state index in [-0.39, 0.29) is 0 Å². The van der Waals surface area contributed by atoms with Gasteiger partial charge in [0.1, 0.15) is 0 Å². The van der Waals surface area contributed by atoms with Crippen LogP contribution in [0.15, 0.2) is 146 Å². The van der Waals surface area contributed by atoms with E-state index < -0.39 is 0 Å². The number of benzene rings is 7. The summed E-state index contributed by atoms with van der Waals surface area (Å²) in [5, 5.41) is 5.12. The van der Waals surface area contributed by atoms with Crippen LogP contribution >= 0.6 is 0 Å². The zero-order valence-electron chi connectivity index (χ0n) is 22.9. The molecule has 0 aliphatic rings. The fourth-order valence-corrected chi connectivity index (χ4v) is 6.18. The molecular weight excluding hydrogens is 480 g/mol. The van der Waals surface area contributed by atoms with Crippen LogP contribution < -0.4 is 0 Å². The van der Waals surface area contributed by atoms with Crippen LogP contribution in [0.3, 0.4) is 0 Å². The fraction of sp³-hybridized carbons (Fsp3) is 0.0500. The highest BCUT2D eigenvalue weighted by Gasteiger charge is 2.16. The Hall–Kier alpha value is -4.94. The lowest BCUT2D eigenvalue weighted by atomic mass is 9.85. The molecule has 0 bridgehead atoms. The lowest BCUT2D eigenvalue weighted by molar-refractivity contribution is 1.46. The van der Waals surface area contributed by atoms with Crippen LogP contribution in [-0.4, -0.2) is 0 Å². The van der Waals surface area contributed by atoms with Crippen molar-refractivity contribution in [2.24, 2.45) is 0 Å². The maximum Gasteiger partial charge on any atom is -0.00264 e. The number of hydrogen-bond acceptors (Lipinski definition) is 0. The lowest BCUT2D eigenvalue weighted by Gasteiger charge is -2.18. The van der Waals surface area contributed by atoms with Gasteiger partial charge in [0.05, 0.1) is 0 Å². The normalized spacial score (nSPS) is 11.2. The molecular formula is C40H30. The van der Waals surface area contributed by atoms with Crippen LogP contribution in [0.2, 0.25) is 0 Å². The molecule has 0 aliphatic heterocycles. The molecule has 0 amide bonds. The lowest BCUT2D eigenvalue weighted by Crippen LogP contribution is -1.91. The van der Waals surface area contributed by atoms with Crippen LogP contribution in [0.25, 0.3) is 66.1 Å². The Morgan fingerprint density at radius 2 is 0.550 bits per heavy atom. The van der Waals surface area contributed by atoms with Crippen molar-refractivity contribution in [3.63, 3.8) is 0 Å². The Kier molecular flexibility index (Phi) is 6.02. The van der Waals surface area contributed by atoms with Crippen LogP contribution in [-0.2, 0) is 0 Å². The van der Waals surface area contributed by atoms with Crippen molar-refractivity contribution < 1.29 is 0 Å². The van der Waals surface area contributed by atoms with Crippen LogP contribution in [0.4, 0.5) is 0 Å².